The third-order valence-electron chi connectivity index (χ3n) is 4.29. The van der Waals surface area contributed by atoms with Crippen molar-refractivity contribution in [3.63, 3.8) is 0 Å². The van der Waals surface area contributed by atoms with E-state index < -0.39 is 10.3 Å². The van der Waals surface area contributed by atoms with E-state index >= 15 is 0 Å². The summed E-state index contributed by atoms with van der Waals surface area (Å²) in [5.41, 5.74) is 1.17. The first-order chi connectivity index (χ1) is 12.3. The van der Waals surface area contributed by atoms with Gasteiger partial charge >= 0.3 is 0 Å². The van der Waals surface area contributed by atoms with Crippen LogP contribution in [0, 0.1) is 11.8 Å². The third kappa shape index (κ3) is 13.3. The van der Waals surface area contributed by atoms with Crippen molar-refractivity contribution in [3.05, 3.63) is 12.2 Å². The maximum Gasteiger partial charge on any atom is 0.137 e. The van der Waals surface area contributed by atoms with E-state index in [1.54, 1.807) is 0 Å². The summed E-state index contributed by atoms with van der Waals surface area (Å²) < 4.78 is 5.52. The molecular weight excluding hydrogens is 360 g/mol. The standard InChI is InChI=1S/C16H30O2S2.3C2H6/c1-12(2)14-10-15(17)13(3)16(11-14)19-8-7-9-20(5,6)18-4;3*1-2/h13-14,16H,1,7-11H2,2-6H3;3*1-2H3. The number of carbonyl (C=O) groups is 1. The average Bonchev–Trinajstić information content (AvgIpc) is 2.66. The number of thioether (sulfide) groups is 1. The molecule has 0 spiro atoms. The Bertz CT molecular complexity index is 354. The van der Waals surface area contributed by atoms with Gasteiger partial charge in [-0.1, -0.05) is 60.6 Å². The van der Waals surface area contributed by atoms with Gasteiger partial charge in [-0.25, -0.2) is 0 Å². The lowest BCUT2D eigenvalue weighted by atomic mass is 9.79. The molecule has 1 rings (SSSR count). The van der Waals surface area contributed by atoms with E-state index in [9.17, 15) is 4.79 Å². The minimum absolute atomic E-state index is 0.207. The zero-order valence-electron chi connectivity index (χ0n) is 19.6. The molecule has 1 aliphatic rings. The largest absolute Gasteiger partial charge is 0.340 e. The van der Waals surface area contributed by atoms with Crippen LogP contribution in [-0.2, 0) is 8.98 Å². The monoisotopic (exact) mass is 408 g/mol. The fraction of sp³-hybridized carbons (Fsp3) is 0.864. The summed E-state index contributed by atoms with van der Waals surface area (Å²) in [5.74, 6) is 3.31. The fourth-order valence-corrected chi connectivity index (χ4v) is 5.13. The van der Waals surface area contributed by atoms with Gasteiger partial charge in [0, 0.05) is 24.7 Å². The highest BCUT2D eigenvalue weighted by molar-refractivity contribution is 8.28. The third-order valence-corrected chi connectivity index (χ3v) is 8.02. The molecule has 0 heterocycles. The normalized spacial score (nSPS) is 22.6. The number of hydrogen-bond donors (Lipinski definition) is 0. The average molecular weight is 409 g/mol. The summed E-state index contributed by atoms with van der Waals surface area (Å²) in [5, 5.41) is 0.471. The van der Waals surface area contributed by atoms with Gasteiger partial charge in [-0.15, -0.1) is 10.3 Å². The highest BCUT2D eigenvalue weighted by Gasteiger charge is 2.34. The molecule has 1 fully saturated rings. The van der Waals surface area contributed by atoms with E-state index in [1.165, 1.54) is 12.0 Å². The molecule has 1 aliphatic carbocycles. The van der Waals surface area contributed by atoms with Gasteiger partial charge < -0.3 is 4.18 Å². The molecule has 0 amide bonds. The molecular formula is C22H48O2S2. The van der Waals surface area contributed by atoms with Crippen LogP contribution < -0.4 is 0 Å². The molecule has 2 nitrogen and oxygen atoms in total. The van der Waals surface area contributed by atoms with Crippen LogP contribution in [0.25, 0.3) is 0 Å². The van der Waals surface area contributed by atoms with Gasteiger partial charge in [-0.3, -0.25) is 4.79 Å². The van der Waals surface area contributed by atoms with Gasteiger partial charge in [0.15, 0.2) is 0 Å². The molecule has 0 aromatic rings. The molecule has 1 saturated carbocycles. The fourth-order valence-electron chi connectivity index (χ4n) is 2.52. The van der Waals surface area contributed by atoms with Crippen molar-refractivity contribution < 1.29 is 8.98 Å². The highest BCUT2D eigenvalue weighted by Crippen LogP contribution is 2.42. The second kappa shape index (κ2) is 18.4. The Morgan fingerprint density at radius 3 is 2.12 bits per heavy atom. The summed E-state index contributed by atoms with van der Waals surface area (Å²) in [6.07, 6.45) is 7.42. The number of hydrogen-bond acceptors (Lipinski definition) is 3. The van der Waals surface area contributed by atoms with Crippen molar-refractivity contribution in [2.75, 3.05) is 31.1 Å². The quantitative estimate of drug-likeness (QED) is 0.325. The topological polar surface area (TPSA) is 26.3 Å². The second-order valence-electron chi connectivity index (χ2n) is 6.31. The number of carbonyl (C=O) groups excluding carboxylic acids is 1. The van der Waals surface area contributed by atoms with Gasteiger partial charge in [0.1, 0.15) is 5.78 Å². The molecule has 3 atom stereocenters. The smallest absolute Gasteiger partial charge is 0.137 e. The molecule has 4 heteroatoms. The van der Waals surface area contributed by atoms with Gasteiger partial charge in [-0.2, -0.15) is 11.8 Å². The minimum atomic E-state index is -0.865. The first-order valence-electron chi connectivity index (χ1n) is 10.3. The van der Waals surface area contributed by atoms with Gasteiger partial charge in [0.05, 0.1) is 0 Å². The Balaban J connectivity index is -0.000000795. The van der Waals surface area contributed by atoms with Gasteiger partial charge in [0.2, 0.25) is 0 Å². The number of rotatable bonds is 7. The molecule has 26 heavy (non-hydrogen) atoms. The van der Waals surface area contributed by atoms with Crippen LogP contribution in [0.15, 0.2) is 12.2 Å². The molecule has 160 valence electrons. The van der Waals surface area contributed by atoms with Gasteiger partial charge in [-0.05, 0) is 49.7 Å². The zero-order chi connectivity index (χ0) is 21.3. The van der Waals surface area contributed by atoms with Crippen LogP contribution in [0.1, 0.15) is 74.7 Å². The van der Waals surface area contributed by atoms with Crippen LogP contribution in [0.4, 0.5) is 0 Å². The molecule has 0 bridgehead atoms. The van der Waals surface area contributed by atoms with E-state index in [0.717, 1.165) is 17.9 Å². The predicted molar refractivity (Wildman–Crippen MR) is 128 cm³/mol. The van der Waals surface area contributed by atoms with Crippen molar-refractivity contribution in [3.8, 4) is 0 Å². The van der Waals surface area contributed by atoms with E-state index in [2.05, 4.69) is 32.9 Å². The zero-order valence-corrected chi connectivity index (χ0v) is 21.2. The van der Waals surface area contributed by atoms with Crippen LogP contribution in [0.2, 0.25) is 0 Å². The first kappa shape index (κ1) is 30.8. The van der Waals surface area contributed by atoms with Gasteiger partial charge in [0.25, 0.3) is 0 Å². The maximum absolute atomic E-state index is 12.1. The molecule has 0 aromatic carbocycles. The lowest BCUT2D eigenvalue weighted by molar-refractivity contribution is -0.124. The van der Waals surface area contributed by atoms with E-state index in [1.807, 2.05) is 60.4 Å². The minimum Gasteiger partial charge on any atom is -0.340 e. The maximum atomic E-state index is 12.1. The number of Topliss-reactive ketones (excluding diaryl/α,β-unsaturated/α-hetero) is 1. The lowest BCUT2D eigenvalue weighted by Gasteiger charge is -2.34. The summed E-state index contributed by atoms with van der Waals surface area (Å²) in [6, 6.07) is 0. The van der Waals surface area contributed by atoms with Crippen molar-refractivity contribution in [1.29, 1.82) is 0 Å². The van der Waals surface area contributed by atoms with E-state index in [4.69, 9.17) is 4.18 Å². The first-order valence-corrected chi connectivity index (χ1v) is 13.9. The molecule has 0 saturated heterocycles. The predicted octanol–water partition coefficient (Wildman–Crippen LogP) is 7.37. The summed E-state index contributed by atoms with van der Waals surface area (Å²) in [6.45, 7) is 20.2. The molecule has 0 N–H and O–H groups in total. The van der Waals surface area contributed by atoms with Crippen LogP contribution >= 0.6 is 22.1 Å². The molecule has 3 unspecified atom stereocenters. The Morgan fingerprint density at radius 1 is 1.19 bits per heavy atom. The second-order valence-corrected chi connectivity index (χ2v) is 11.3. The Hall–Kier alpha value is 0.0700. The Kier molecular flexibility index (Phi) is 21.8. The summed E-state index contributed by atoms with van der Waals surface area (Å²) in [4.78, 5) is 12.1. The van der Waals surface area contributed by atoms with Crippen LogP contribution in [-0.4, -0.2) is 42.2 Å². The Labute approximate surface area is 171 Å². The number of allylic oxidation sites excluding steroid dienone is 1. The lowest BCUT2D eigenvalue weighted by Crippen LogP contribution is -2.33. The van der Waals surface area contributed by atoms with Crippen molar-refractivity contribution in [2.45, 2.75) is 79.9 Å². The van der Waals surface area contributed by atoms with Crippen LogP contribution in [0.5, 0.6) is 0 Å². The molecule has 0 radical (unpaired) electrons. The van der Waals surface area contributed by atoms with Crippen molar-refractivity contribution in [2.24, 2.45) is 11.8 Å². The van der Waals surface area contributed by atoms with Crippen LogP contribution in [0.3, 0.4) is 0 Å². The highest BCUT2D eigenvalue weighted by atomic mass is 32.3. The van der Waals surface area contributed by atoms with Crippen molar-refractivity contribution in [1.82, 2.24) is 0 Å². The summed E-state index contributed by atoms with van der Waals surface area (Å²) in [7, 11) is 0.942. The van der Waals surface area contributed by atoms with Crippen molar-refractivity contribution >= 4 is 27.9 Å². The number of ketones is 1. The van der Waals surface area contributed by atoms with E-state index in [-0.39, 0.29) is 5.92 Å². The molecule has 0 aromatic heterocycles. The Morgan fingerprint density at radius 2 is 1.69 bits per heavy atom. The molecule has 0 aliphatic heterocycles. The SMILES string of the molecule is C=C(C)C1CC(=O)C(C)C(SCCCS(C)(C)OC)C1.CC.CC.CC. The van der Waals surface area contributed by atoms with E-state index in [0.29, 0.717) is 23.4 Å². The summed E-state index contributed by atoms with van der Waals surface area (Å²) >= 11 is 1.98.